The molecular weight excluding hydrogens is 344 g/mol. The van der Waals surface area contributed by atoms with E-state index in [1.165, 1.54) is 0 Å². The largest absolute Gasteiger partial charge is 0.508 e. The number of ether oxygens (including phenoxy) is 2. The Morgan fingerprint density at radius 3 is 2.59 bits per heavy atom. The molecule has 2 aromatic rings. The number of nitrogens with one attached hydrogen (secondary N) is 1. The molecule has 0 aromatic heterocycles. The Kier molecular flexibility index (Phi) is 5.86. The zero-order chi connectivity index (χ0) is 19.4. The van der Waals surface area contributed by atoms with Crippen molar-refractivity contribution in [3.05, 3.63) is 53.1 Å². The molecule has 144 valence electrons. The normalized spacial score (nSPS) is 16.9. The minimum Gasteiger partial charge on any atom is -0.508 e. The summed E-state index contributed by atoms with van der Waals surface area (Å²) in [5.74, 6) is 1.54. The number of phenolic OH excluding ortho intramolecular Hbond substituents is 1. The summed E-state index contributed by atoms with van der Waals surface area (Å²) in [7, 11) is 3.28. The average molecular weight is 370 g/mol. The number of likely N-dealkylation sites (tertiary alicyclic amines) is 1. The second kappa shape index (κ2) is 8.31. The van der Waals surface area contributed by atoms with Crippen LogP contribution in [0.5, 0.6) is 17.2 Å². The highest BCUT2D eigenvalue weighted by molar-refractivity contribution is 5.96. The van der Waals surface area contributed by atoms with E-state index in [1.54, 1.807) is 39.3 Å². The molecule has 0 bridgehead atoms. The van der Waals surface area contributed by atoms with Gasteiger partial charge in [0.25, 0.3) is 5.91 Å². The standard InChI is InChI=1S/C21H26N2O4/c1-14-19(5-4-6-20(14)24)21(25)22-16-7-8-23(13-16)12-15-9-17(26-2)11-18(10-15)27-3/h4-6,9-11,16,24H,7-8,12-13H2,1-3H3,(H,22,25)/t16-/m0/s1. The van der Waals surface area contributed by atoms with Gasteiger partial charge in [-0.2, -0.15) is 0 Å². The lowest BCUT2D eigenvalue weighted by Gasteiger charge is -2.18. The number of phenols is 1. The molecule has 1 atom stereocenters. The van der Waals surface area contributed by atoms with Crippen molar-refractivity contribution in [3.63, 3.8) is 0 Å². The van der Waals surface area contributed by atoms with Crippen LogP contribution >= 0.6 is 0 Å². The predicted octanol–water partition coefficient (Wildman–Crippen LogP) is 2.72. The number of hydrogen-bond donors (Lipinski definition) is 2. The van der Waals surface area contributed by atoms with E-state index >= 15 is 0 Å². The van der Waals surface area contributed by atoms with E-state index in [0.717, 1.165) is 43.1 Å². The third-order valence-corrected chi connectivity index (χ3v) is 4.97. The van der Waals surface area contributed by atoms with Crippen molar-refractivity contribution >= 4 is 5.91 Å². The molecule has 0 spiro atoms. The molecule has 27 heavy (non-hydrogen) atoms. The van der Waals surface area contributed by atoms with Gasteiger partial charge in [-0.25, -0.2) is 0 Å². The second-order valence-electron chi connectivity index (χ2n) is 6.86. The first kappa shape index (κ1) is 19.0. The Labute approximate surface area is 159 Å². The monoisotopic (exact) mass is 370 g/mol. The highest BCUT2D eigenvalue weighted by Gasteiger charge is 2.25. The first-order chi connectivity index (χ1) is 13.0. The van der Waals surface area contributed by atoms with Gasteiger partial charge in [-0.05, 0) is 43.2 Å². The van der Waals surface area contributed by atoms with Crippen LogP contribution in [0.1, 0.15) is 27.9 Å². The van der Waals surface area contributed by atoms with Crippen LogP contribution in [0.4, 0.5) is 0 Å². The van der Waals surface area contributed by atoms with Gasteiger partial charge in [-0.1, -0.05) is 6.07 Å². The van der Waals surface area contributed by atoms with Crippen molar-refractivity contribution < 1.29 is 19.4 Å². The molecule has 0 saturated carbocycles. The minimum absolute atomic E-state index is 0.0896. The number of nitrogens with zero attached hydrogens (tertiary/aromatic N) is 1. The van der Waals surface area contributed by atoms with Gasteiger partial charge in [0.2, 0.25) is 0 Å². The van der Waals surface area contributed by atoms with Crippen LogP contribution in [0.3, 0.4) is 0 Å². The molecule has 2 aromatic carbocycles. The number of benzene rings is 2. The van der Waals surface area contributed by atoms with E-state index in [-0.39, 0.29) is 17.7 Å². The van der Waals surface area contributed by atoms with Crippen molar-refractivity contribution in [2.45, 2.75) is 25.9 Å². The van der Waals surface area contributed by atoms with Crippen molar-refractivity contribution in [2.75, 3.05) is 27.3 Å². The lowest BCUT2D eigenvalue weighted by atomic mass is 10.1. The maximum absolute atomic E-state index is 12.5. The first-order valence-electron chi connectivity index (χ1n) is 9.04. The van der Waals surface area contributed by atoms with E-state index in [0.29, 0.717) is 11.1 Å². The Morgan fingerprint density at radius 2 is 1.93 bits per heavy atom. The Balaban J connectivity index is 1.60. The molecule has 1 fully saturated rings. The van der Waals surface area contributed by atoms with Gasteiger partial charge in [-0.3, -0.25) is 9.69 Å². The van der Waals surface area contributed by atoms with Crippen LogP contribution in [0.15, 0.2) is 36.4 Å². The van der Waals surface area contributed by atoms with Gasteiger partial charge in [-0.15, -0.1) is 0 Å². The van der Waals surface area contributed by atoms with Crippen LogP contribution in [-0.2, 0) is 6.54 Å². The molecule has 1 amide bonds. The molecule has 2 N–H and O–H groups in total. The van der Waals surface area contributed by atoms with Gasteiger partial charge in [0.05, 0.1) is 14.2 Å². The van der Waals surface area contributed by atoms with Crippen molar-refractivity contribution in [2.24, 2.45) is 0 Å². The summed E-state index contributed by atoms with van der Waals surface area (Å²) in [5.41, 5.74) is 2.24. The zero-order valence-corrected chi connectivity index (χ0v) is 16.0. The molecule has 1 aliphatic heterocycles. The van der Waals surface area contributed by atoms with Gasteiger partial charge in [0.15, 0.2) is 0 Å². The molecular formula is C21H26N2O4. The molecule has 0 unspecified atom stereocenters. The number of carbonyl (C=O) groups is 1. The fraction of sp³-hybridized carbons (Fsp3) is 0.381. The van der Waals surface area contributed by atoms with Crippen molar-refractivity contribution in [1.82, 2.24) is 10.2 Å². The third kappa shape index (κ3) is 4.52. The fourth-order valence-electron chi connectivity index (χ4n) is 3.44. The number of hydrogen-bond acceptors (Lipinski definition) is 5. The summed E-state index contributed by atoms with van der Waals surface area (Å²) < 4.78 is 10.7. The van der Waals surface area contributed by atoms with Gasteiger partial charge >= 0.3 is 0 Å². The molecule has 3 rings (SSSR count). The first-order valence-corrected chi connectivity index (χ1v) is 9.04. The maximum Gasteiger partial charge on any atom is 0.251 e. The number of methoxy groups -OCH3 is 2. The quantitative estimate of drug-likeness (QED) is 0.818. The fourth-order valence-corrected chi connectivity index (χ4v) is 3.44. The molecule has 1 aliphatic rings. The van der Waals surface area contributed by atoms with E-state index in [4.69, 9.17) is 9.47 Å². The summed E-state index contributed by atoms with van der Waals surface area (Å²) in [6.45, 7) is 4.21. The summed E-state index contributed by atoms with van der Waals surface area (Å²) >= 11 is 0. The van der Waals surface area contributed by atoms with Gasteiger partial charge < -0.3 is 19.9 Å². The van der Waals surface area contributed by atoms with Crippen molar-refractivity contribution in [1.29, 1.82) is 0 Å². The van der Waals surface area contributed by atoms with E-state index < -0.39 is 0 Å². The van der Waals surface area contributed by atoms with Crippen LogP contribution in [0.2, 0.25) is 0 Å². The summed E-state index contributed by atoms with van der Waals surface area (Å²) in [6.07, 6.45) is 0.894. The van der Waals surface area contributed by atoms with Crippen LogP contribution in [0, 0.1) is 6.92 Å². The smallest absolute Gasteiger partial charge is 0.251 e. The molecule has 6 heteroatoms. The molecule has 6 nitrogen and oxygen atoms in total. The molecule has 0 radical (unpaired) electrons. The molecule has 0 aliphatic carbocycles. The van der Waals surface area contributed by atoms with E-state index in [2.05, 4.69) is 10.2 Å². The maximum atomic E-state index is 12.5. The number of amides is 1. The SMILES string of the molecule is COc1cc(CN2CC[C@H](NC(=O)c3cccc(O)c3C)C2)cc(OC)c1. The van der Waals surface area contributed by atoms with Gasteiger partial charge in [0, 0.05) is 42.9 Å². The minimum atomic E-state index is -0.140. The average Bonchev–Trinajstić information content (AvgIpc) is 3.10. The topological polar surface area (TPSA) is 71.0 Å². The lowest BCUT2D eigenvalue weighted by molar-refractivity contribution is 0.0936. The highest BCUT2D eigenvalue weighted by Crippen LogP contribution is 2.25. The highest BCUT2D eigenvalue weighted by atomic mass is 16.5. The van der Waals surface area contributed by atoms with Crippen LogP contribution in [0.25, 0.3) is 0 Å². The molecule has 1 saturated heterocycles. The predicted molar refractivity (Wildman–Crippen MR) is 104 cm³/mol. The Bertz CT molecular complexity index is 800. The Morgan fingerprint density at radius 1 is 1.22 bits per heavy atom. The third-order valence-electron chi connectivity index (χ3n) is 4.97. The van der Waals surface area contributed by atoms with E-state index in [9.17, 15) is 9.90 Å². The van der Waals surface area contributed by atoms with Crippen molar-refractivity contribution in [3.8, 4) is 17.2 Å². The van der Waals surface area contributed by atoms with E-state index in [1.807, 2.05) is 18.2 Å². The Hall–Kier alpha value is -2.73. The van der Waals surface area contributed by atoms with Crippen LogP contribution in [-0.4, -0.2) is 49.3 Å². The number of carbonyl (C=O) groups excluding carboxylic acids is 1. The zero-order valence-electron chi connectivity index (χ0n) is 16.0. The number of aromatic hydroxyl groups is 1. The summed E-state index contributed by atoms with van der Waals surface area (Å²) in [4.78, 5) is 14.8. The van der Waals surface area contributed by atoms with Crippen LogP contribution < -0.4 is 14.8 Å². The lowest BCUT2D eigenvalue weighted by Crippen LogP contribution is -2.37. The van der Waals surface area contributed by atoms with Gasteiger partial charge in [0.1, 0.15) is 17.2 Å². The summed E-state index contributed by atoms with van der Waals surface area (Å²) in [6, 6.07) is 11.0. The number of rotatable bonds is 6. The summed E-state index contributed by atoms with van der Waals surface area (Å²) in [5, 5.41) is 12.9. The molecule has 1 heterocycles. The second-order valence-corrected chi connectivity index (χ2v) is 6.86.